The first-order valence-corrected chi connectivity index (χ1v) is 12.5. The molecule has 0 aliphatic carbocycles. The number of esters is 1. The predicted molar refractivity (Wildman–Crippen MR) is 140 cm³/mol. The Balaban J connectivity index is 1.94. The minimum absolute atomic E-state index is 0.208. The van der Waals surface area contributed by atoms with Crippen LogP contribution in [0.25, 0.3) is 6.08 Å². The largest absolute Gasteiger partial charge is 0.490 e. The highest BCUT2D eigenvalue weighted by Crippen LogP contribution is 2.36. The van der Waals surface area contributed by atoms with E-state index in [0.29, 0.717) is 50.9 Å². The van der Waals surface area contributed by atoms with Crippen molar-refractivity contribution in [2.75, 3.05) is 19.8 Å². The van der Waals surface area contributed by atoms with Crippen molar-refractivity contribution in [3.05, 3.63) is 103 Å². The molecule has 0 saturated heterocycles. The molecule has 0 amide bonds. The van der Waals surface area contributed by atoms with E-state index in [0.717, 1.165) is 5.56 Å². The molecule has 0 bridgehead atoms. The highest BCUT2D eigenvalue weighted by atomic mass is 32.1. The molecule has 0 fully saturated rings. The van der Waals surface area contributed by atoms with Crippen LogP contribution in [0, 0.1) is 0 Å². The molecule has 0 N–H and O–H groups in total. The number of aromatic nitrogens is 1. The van der Waals surface area contributed by atoms with Gasteiger partial charge in [0.15, 0.2) is 16.3 Å². The number of fused-ring (bicyclic) bond motifs is 1. The van der Waals surface area contributed by atoms with Gasteiger partial charge in [-0.15, -0.1) is 0 Å². The first kappa shape index (κ1) is 25.2. The van der Waals surface area contributed by atoms with Crippen LogP contribution in [0.4, 0.5) is 0 Å². The highest BCUT2D eigenvalue weighted by molar-refractivity contribution is 7.07. The van der Waals surface area contributed by atoms with E-state index in [1.54, 1.807) is 36.6 Å². The third-order valence-electron chi connectivity index (χ3n) is 5.55. The summed E-state index contributed by atoms with van der Waals surface area (Å²) in [7, 11) is 0. The van der Waals surface area contributed by atoms with Crippen molar-refractivity contribution < 1.29 is 19.0 Å². The SMILES string of the molecule is C=CCOc1ccc([C@@H]2C(C(=O)OCC)=C(C)N=c3s/c(=C/c4ccccc4)c(=O)n32)cc1OCC. The summed E-state index contributed by atoms with van der Waals surface area (Å²) >= 11 is 1.29. The van der Waals surface area contributed by atoms with Crippen molar-refractivity contribution in [1.29, 1.82) is 0 Å². The number of carbonyl (C=O) groups is 1. The monoisotopic (exact) mass is 504 g/mol. The fourth-order valence-corrected chi connectivity index (χ4v) is 5.09. The van der Waals surface area contributed by atoms with Crippen LogP contribution in [0.5, 0.6) is 11.5 Å². The fourth-order valence-electron chi connectivity index (χ4n) is 4.04. The van der Waals surface area contributed by atoms with E-state index in [1.165, 1.54) is 11.3 Å². The second-order valence-electron chi connectivity index (χ2n) is 7.95. The molecule has 1 aliphatic heterocycles. The van der Waals surface area contributed by atoms with Crippen molar-refractivity contribution in [2.45, 2.75) is 26.8 Å². The molecule has 4 rings (SSSR count). The average molecular weight is 505 g/mol. The molecule has 0 radical (unpaired) electrons. The molecule has 1 aromatic heterocycles. The molecule has 8 heteroatoms. The van der Waals surface area contributed by atoms with Crippen LogP contribution in [-0.2, 0) is 9.53 Å². The Morgan fingerprint density at radius 3 is 2.58 bits per heavy atom. The predicted octanol–water partition coefficient (Wildman–Crippen LogP) is 3.76. The molecule has 3 aromatic rings. The average Bonchev–Trinajstić information content (AvgIpc) is 3.17. The smallest absolute Gasteiger partial charge is 0.338 e. The van der Waals surface area contributed by atoms with Crippen LogP contribution >= 0.6 is 11.3 Å². The molecule has 7 nitrogen and oxygen atoms in total. The Hall–Kier alpha value is -3.91. The molecule has 186 valence electrons. The quantitative estimate of drug-likeness (QED) is 0.328. The number of thiazole rings is 1. The van der Waals surface area contributed by atoms with E-state index in [-0.39, 0.29) is 12.2 Å². The molecule has 1 aliphatic rings. The van der Waals surface area contributed by atoms with Crippen molar-refractivity contribution in [3.63, 3.8) is 0 Å². The number of carbonyl (C=O) groups excluding carboxylic acids is 1. The first-order chi connectivity index (χ1) is 17.5. The van der Waals surface area contributed by atoms with Gasteiger partial charge >= 0.3 is 5.97 Å². The summed E-state index contributed by atoms with van der Waals surface area (Å²) in [6, 6.07) is 14.3. The van der Waals surface area contributed by atoms with Crippen molar-refractivity contribution in [2.24, 2.45) is 4.99 Å². The Morgan fingerprint density at radius 1 is 1.11 bits per heavy atom. The third kappa shape index (κ3) is 5.04. The summed E-state index contributed by atoms with van der Waals surface area (Å²) in [4.78, 5) is 31.9. The number of rotatable bonds is 9. The number of hydrogen-bond donors (Lipinski definition) is 0. The Morgan fingerprint density at radius 2 is 1.89 bits per heavy atom. The normalized spacial score (nSPS) is 15.2. The van der Waals surface area contributed by atoms with Gasteiger partial charge in [0.2, 0.25) is 0 Å². The summed E-state index contributed by atoms with van der Waals surface area (Å²) < 4.78 is 19.0. The minimum atomic E-state index is -0.731. The Bertz CT molecular complexity index is 1480. The van der Waals surface area contributed by atoms with Gasteiger partial charge < -0.3 is 14.2 Å². The number of allylic oxidation sites excluding steroid dienone is 1. The van der Waals surface area contributed by atoms with Crippen LogP contribution in [-0.4, -0.2) is 30.4 Å². The third-order valence-corrected chi connectivity index (χ3v) is 6.54. The second-order valence-corrected chi connectivity index (χ2v) is 8.96. The van der Waals surface area contributed by atoms with Gasteiger partial charge in [-0.25, -0.2) is 9.79 Å². The zero-order valence-electron chi connectivity index (χ0n) is 20.5. The van der Waals surface area contributed by atoms with Crippen molar-refractivity contribution in [3.8, 4) is 11.5 Å². The van der Waals surface area contributed by atoms with Gasteiger partial charge in [-0.3, -0.25) is 9.36 Å². The molecule has 36 heavy (non-hydrogen) atoms. The summed E-state index contributed by atoms with van der Waals surface area (Å²) in [5.74, 6) is 0.558. The lowest BCUT2D eigenvalue weighted by Crippen LogP contribution is -2.40. The van der Waals surface area contributed by atoms with E-state index in [1.807, 2.05) is 49.4 Å². The van der Waals surface area contributed by atoms with E-state index in [9.17, 15) is 9.59 Å². The van der Waals surface area contributed by atoms with E-state index in [2.05, 4.69) is 11.6 Å². The molecule has 2 aromatic carbocycles. The highest BCUT2D eigenvalue weighted by Gasteiger charge is 2.34. The maximum absolute atomic E-state index is 13.7. The number of hydrogen-bond acceptors (Lipinski definition) is 7. The van der Waals surface area contributed by atoms with Crippen LogP contribution in [0.3, 0.4) is 0 Å². The van der Waals surface area contributed by atoms with Crippen LogP contribution in [0.15, 0.2) is 82.2 Å². The molecule has 1 atom stereocenters. The summed E-state index contributed by atoms with van der Waals surface area (Å²) in [6.07, 6.45) is 3.49. The summed E-state index contributed by atoms with van der Waals surface area (Å²) in [5.41, 5.74) is 2.19. The number of nitrogens with zero attached hydrogens (tertiary/aromatic N) is 2. The Kier molecular flexibility index (Phi) is 7.85. The summed E-state index contributed by atoms with van der Waals surface area (Å²) in [6.45, 7) is 10.0. The standard InChI is InChI=1S/C28H28N2O5S/c1-5-15-35-21-14-13-20(17-22(21)33-6-2)25-24(27(32)34-7-3)18(4)29-28-30(25)26(31)23(36-28)16-19-11-9-8-10-12-19/h5,8-14,16-17,25H,1,6-7,15H2,2-4H3/b23-16+/t25-/m1/s1. The zero-order valence-corrected chi connectivity index (χ0v) is 21.3. The van der Waals surface area contributed by atoms with Gasteiger partial charge in [-0.05, 0) is 50.1 Å². The maximum atomic E-state index is 13.7. The van der Waals surface area contributed by atoms with Gasteiger partial charge in [0, 0.05) is 0 Å². The van der Waals surface area contributed by atoms with Crippen LogP contribution < -0.4 is 24.4 Å². The van der Waals surface area contributed by atoms with Gasteiger partial charge in [-0.2, -0.15) is 0 Å². The maximum Gasteiger partial charge on any atom is 0.338 e. The molecular weight excluding hydrogens is 476 g/mol. The van der Waals surface area contributed by atoms with Gasteiger partial charge in [0.25, 0.3) is 5.56 Å². The fraction of sp³-hybridized carbons (Fsp3) is 0.250. The minimum Gasteiger partial charge on any atom is -0.490 e. The van der Waals surface area contributed by atoms with Crippen molar-refractivity contribution >= 4 is 23.4 Å². The molecular formula is C28H28N2O5S. The zero-order chi connectivity index (χ0) is 25.7. The summed E-state index contributed by atoms with van der Waals surface area (Å²) in [5, 5.41) is 0. The molecule has 0 unspecified atom stereocenters. The van der Waals surface area contributed by atoms with Gasteiger partial charge in [0.05, 0.1) is 35.1 Å². The lowest BCUT2D eigenvalue weighted by molar-refractivity contribution is -0.139. The molecule has 2 heterocycles. The number of benzene rings is 2. The molecule has 0 saturated carbocycles. The topological polar surface area (TPSA) is 79.1 Å². The first-order valence-electron chi connectivity index (χ1n) is 11.7. The Labute approximate surface area is 213 Å². The van der Waals surface area contributed by atoms with E-state index < -0.39 is 12.0 Å². The van der Waals surface area contributed by atoms with E-state index >= 15 is 0 Å². The van der Waals surface area contributed by atoms with Gasteiger partial charge in [0.1, 0.15) is 6.61 Å². The second kappa shape index (κ2) is 11.2. The van der Waals surface area contributed by atoms with Crippen molar-refractivity contribution in [1.82, 2.24) is 4.57 Å². The van der Waals surface area contributed by atoms with Gasteiger partial charge in [-0.1, -0.05) is 60.4 Å². The lowest BCUT2D eigenvalue weighted by Gasteiger charge is -2.25. The van der Waals surface area contributed by atoms with Crippen LogP contribution in [0.2, 0.25) is 0 Å². The number of ether oxygens (including phenoxy) is 3. The van der Waals surface area contributed by atoms with Crippen LogP contribution in [0.1, 0.15) is 37.9 Å². The molecule has 0 spiro atoms. The lowest BCUT2D eigenvalue weighted by atomic mass is 9.95. The van der Waals surface area contributed by atoms with E-state index in [4.69, 9.17) is 14.2 Å².